The number of likely N-dealkylation sites (tertiary alicyclic amines) is 1. The largest absolute Gasteiger partial charge is 0.345 e. The van der Waals surface area contributed by atoms with Crippen LogP contribution in [0.1, 0.15) is 82.0 Å². The van der Waals surface area contributed by atoms with Gasteiger partial charge >= 0.3 is 5.69 Å². The first kappa shape index (κ1) is 16.9. The van der Waals surface area contributed by atoms with Crippen molar-refractivity contribution in [2.45, 2.75) is 76.2 Å². The third-order valence-electron chi connectivity index (χ3n) is 6.35. The Bertz CT molecular complexity index is 674. The lowest BCUT2D eigenvalue weighted by molar-refractivity contribution is -0.132. The lowest BCUT2D eigenvalue weighted by Gasteiger charge is -2.33. The summed E-state index contributed by atoms with van der Waals surface area (Å²) in [4.78, 5) is 27.0. The van der Waals surface area contributed by atoms with Gasteiger partial charge in [-0.3, -0.25) is 9.36 Å². The monoisotopic (exact) mass is 346 g/mol. The maximum Gasteiger partial charge on any atom is 0.345 e. The molecule has 3 aliphatic rings. The van der Waals surface area contributed by atoms with Gasteiger partial charge in [0.25, 0.3) is 0 Å². The maximum absolute atomic E-state index is 12.5. The number of rotatable bonds is 5. The van der Waals surface area contributed by atoms with Gasteiger partial charge in [-0.05, 0) is 38.0 Å². The summed E-state index contributed by atoms with van der Waals surface area (Å²) in [5.41, 5.74) is 0.00732. The summed E-state index contributed by atoms with van der Waals surface area (Å²) >= 11 is 0. The number of amides is 1. The number of carbonyl (C=O) groups is 1. The Hall–Kier alpha value is -1.59. The summed E-state index contributed by atoms with van der Waals surface area (Å²) in [7, 11) is 1.74. The molecule has 1 amide bonds. The fourth-order valence-corrected chi connectivity index (χ4v) is 4.62. The van der Waals surface area contributed by atoms with Crippen molar-refractivity contribution in [3.05, 3.63) is 16.3 Å². The second-order valence-corrected chi connectivity index (χ2v) is 8.21. The molecule has 2 aliphatic carbocycles. The van der Waals surface area contributed by atoms with E-state index >= 15 is 0 Å². The lowest BCUT2D eigenvalue weighted by Crippen LogP contribution is -2.41. The summed E-state index contributed by atoms with van der Waals surface area (Å²) in [6, 6.07) is 0.204. The number of aryl methyl sites for hydroxylation is 1. The first-order valence-corrected chi connectivity index (χ1v) is 10.1. The molecule has 1 aromatic rings. The van der Waals surface area contributed by atoms with Crippen molar-refractivity contribution in [1.29, 1.82) is 0 Å². The minimum atomic E-state index is 0.00732. The van der Waals surface area contributed by atoms with Crippen molar-refractivity contribution in [3.63, 3.8) is 0 Å². The van der Waals surface area contributed by atoms with Crippen LogP contribution in [-0.2, 0) is 11.8 Å². The number of carbonyl (C=O) groups excluding carboxylic acids is 1. The predicted octanol–water partition coefficient (Wildman–Crippen LogP) is 2.59. The summed E-state index contributed by atoms with van der Waals surface area (Å²) in [6.45, 7) is 1.55. The highest BCUT2D eigenvalue weighted by Crippen LogP contribution is 2.40. The number of piperidine rings is 1. The number of hydrogen-bond acceptors (Lipinski definition) is 3. The summed E-state index contributed by atoms with van der Waals surface area (Å²) in [6.07, 6.45) is 11.1. The molecule has 3 fully saturated rings. The second kappa shape index (κ2) is 6.96. The van der Waals surface area contributed by atoms with Crippen LogP contribution in [0.4, 0.5) is 0 Å². The number of aromatic nitrogens is 3. The minimum absolute atomic E-state index is 0.00732. The van der Waals surface area contributed by atoms with E-state index in [-0.39, 0.29) is 11.7 Å². The van der Waals surface area contributed by atoms with Crippen LogP contribution >= 0.6 is 0 Å². The zero-order chi connectivity index (χ0) is 17.4. The molecule has 0 aromatic carbocycles. The Morgan fingerprint density at radius 2 is 1.76 bits per heavy atom. The molecule has 6 heteroatoms. The van der Waals surface area contributed by atoms with Crippen LogP contribution in [0.25, 0.3) is 0 Å². The van der Waals surface area contributed by atoms with Gasteiger partial charge in [-0.1, -0.05) is 25.7 Å². The van der Waals surface area contributed by atoms with Crippen molar-refractivity contribution < 1.29 is 4.79 Å². The molecule has 1 aromatic heterocycles. The smallest absolute Gasteiger partial charge is 0.343 e. The summed E-state index contributed by atoms with van der Waals surface area (Å²) < 4.78 is 3.41. The average molecular weight is 346 g/mol. The second-order valence-electron chi connectivity index (χ2n) is 8.21. The minimum Gasteiger partial charge on any atom is -0.343 e. The molecular formula is C19H30N4O2. The normalized spacial score (nSPS) is 22.7. The van der Waals surface area contributed by atoms with Crippen molar-refractivity contribution in [1.82, 2.24) is 19.2 Å². The SMILES string of the molecule is Cn1nc(C2CC2)n(C2CCN(C(=O)CCC3CCCC3)CC2)c1=O. The van der Waals surface area contributed by atoms with Gasteiger partial charge in [-0.2, -0.15) is 5.10 Å². The molecular weight excluding hydrogens is 316 g/mol. The lowest BCUT2D eigenvalue weighted by atomic mass is 10.00. The highest BCUT2D eigenvalue weighted by molar-refractivity contribution is 5.76. The molecule has 2 heterocycles. The molecule has 2 saturated carbocycles. The molecule has 138 valence electrons. The van der Waals surface area contributed by atoms with Gasteiger partial charge in [0, 0.05) is 38.5 Å². The average Bonchev–Trinajstić information content (AvgIpc) is 3.26. The molecule has 1 saturated heterocycles. The fourth-order valence-electron chi connectivity index (χ4n) is 4.62. The zero-order valence-corrected chi connectivity index (χ0v) is 15.3. The van der Waals surface area contributed by atoms with E-state index in [2.05, 4.69) is 5.10 Å². The highest BCUT2D eigenvalue weighted by atomic mass is 16.2. The van der Waals surface area contributed by atoms with Crippen LogP contribution in [-0.4, -0.2) is 38.2 Å². The standard InChI is InChI=1S/C19H30N4O2/c1-21-19(25)23(18(20-21)15-7-8-15)16-10-12-22(13-11-16)17(24)9-6-14-4-2-3-5-14/h14-16H,2-13H2,1H3. The van der Waals surface area contributed by atoms with Gasteiger partial charge in [0.2, 0.25) is 5.91 Å². The van der Waals surface area contributed by atoms with Crippen LogP contribution in [0.2, 0.25) is 0 Å². The van der Waals surface area contributed by atoms with Crippen molar-refractivity contribution in [2.75, 3.05) is 13.1 Å². The van der Waals surface area contributed by atoms with Gasteiger partial charge in [0.1, 0.15) is 5.82 Å². The van der Waals surface area contributed by atoms with Crippen LogP contribution in [0.15, 0.2) is 4.79 Å². The molecule has 1 aliphatic heterocycles. The van der Waals surface area contributed by atoms with E-state index in [4.69, 9.17) is 0 Å². The van der Waals surface area contributed by atoms with E-state index in [1.807, 2.05) is 9.47 Å². The first-order valence-electron chi connectivity index (χ1n) is 10.1. The van der Waals surface area contributed by atoms with E-state index in [1.54, 1.807) is 7.05 Å². The molecule has 4 rings (SSSR count). The quantitative estimate of drug-likeness (QED) is 0.823. The van der Waals surface area contributed by atoms with E-state index in [0.29, 0.717) is 18.2 Å². The van der Waals surface area contributed by atoms with Crippen LogP contribution in [0.3, 0.4) is 0 Å². The van der Waals surface area contributed by atoms with Crippen molar-refractivity contribution in [3.8, 4) is 0 Å². The molecule has 0 radical (unpaired) electrons. The Morgan fingerprint density at radius 1 is 1.08 bits per heavy atom. The third-order valence-corrected chi connectivity index (χ3v) is 6.35. The molecule has 0 N–H and O–H groups in total. The van der Waals surface area contributed by atoms with Crippen molar-refractivity contribution in [2.24, 2.45) is 13.0 Å². The molecule has 0 spiro atoms. The fraction of sp³-hybridized carbons (Fsp3) is 0.842. The van der Waals surface area contributed by atoms with E-state index in [9.17, 15) is 9.59 Å². The Kier molecular flexibility index (Phi) is 4.69. The van der Waals surface area contributed by atoms with Crippen molar-refractivity contribution >= 4 is 5.91 Å². The summed E-state index contributed by atoms with van der Waals surface area (Å²) in [5, 5.41) is 4.46. The van der Waals surface area contributed by atoms with E-state index < -0.39 is 0 Å². The molecule has 6 nitrogen and oxygen atoms in total. The third kappa shape index (κ3) is 3.53. The Morgan fingerprint density at radius 3 is 2.40 bits per heavy atom. The van der Waals surface area contributed by atoms with Gasteiger partial charge in [0.15, 0.2) is 0 Å². The maximum atomic E-state index is 12.5. The highest BCUT2D eigenvalue weighted by Gasteiger charge is 2.34. The van der Waals surface area contributed by atoms with Crippen LogP contribution in [0, 0.1) is 5.92 Å². The van der Waals surface area contributed by atoms with Gasteiger partial charge in [0.05, 0.1) is 0 Å². The van der Waals surface area contributed by atoms with Gasteiger partial charge in [-0.25, -0.2) is 9.48 Å². The molecule has 0 unspecified atom stereocenters. The van der Waals surface area contributed by atoms with Gasteiger partial charge < -0.3 is 4.90 Å². The number of hydrogen-bond donors (Lipinski definition) is 0. The Labute approximate surface area is 149 Å². The van der Waals surface area contributed by atoms with Crippen LogP contribution < -0.4 is 5.69 Å². The first-order chi connectivity index (χ1) is 12.1. The summed E-state index contributed by atoms with van der Waals surface area (Å²) in [5.74, 6) is 2.53. The zero-order valence-electron chi connectivity index (χ0n) is 15.3. The molecule has 0 bridgehead atoms. The van der Waals surface area contributed by atoms with Gasteiger partial charge in [-0.15, -0.1) is 0 Å². The molecule has 0 atom stereocenters. The number of nitrogens with zero attached hydrogens (tertiary/aromatic N) is 4. The Balaban J connectivity index is 1.34. The molecule has 25 heavy (non-hydrogen) atoms. The topological polar surface area (TPSA) is 60.1 Å². The van der Waals surface area contributed by atoms with Crippen LogP contribution in [0.5, 0.6) is 0 Å². The van der Waals surface area contributed by atoms with E-state index in [0.717, 1.165) is 56.9 Å². The predicted molar refractivity (Wildman–Crippen MR) is 95.5 cm³/mol. The van der Waals surface area contributed by atoms with E-state index in [1.165, 1.54) is 30.4 Å².